The SMILES string of the molecule is NC1C=CC=CC1(N)C(=O)C1CCN(Cc2nccs2)CC1. The van der Waals surface area contributed by atoms with Crippen molar-refractivity contribution in [1.82, 2.24) is 9.88 Å². The molecule has 0 aromatic carbocycles. The van der Waals surface area contributed by atoms with Crippen molar-refractivity contribution < 1.29 is 4.79 Å². The van der Waals surface area contributed by atoms with Crippen molar-refractivity contribution in [1.29, 1.82) is 0 Å². The van der Waals surface area contributed by atoms with Crippen LogP contribution in [0.15, 0.2) is 35.9 Å². The molecule has 0 radical (unpaired) electrons. The van der Waals surface area contributed by atoms with Crippen LogP contribution in [0, 0.1) is 5.92 Å². The lowest BCUT2D eigenvalue weighted by molar-refractivity contribution is -0.128. The van der Waals surface area contributed by atoms with Crippen LogP contribution in [0.25, 0.3) is 0 Å². The highest BCUT2D eigenvalue weighted by Crippen LogP contribution is 2.27. The Hall–Kier alpha value is -1.34. The number of Topliss-reactive ketones (excluding diaryl/α,β-unsaturated/α-hetero) is 1. The van der Waals surface area contributed by atoms with Crippen LogP contribution in [0.2, 0.25) is 0 Å². The van der Waals surface area contributed by atoms with Gasteiger partial charge in [0, 0.05) is 17.5 Å². The summed E-state index contributed by atoms with van der Waals surface area (Å²) in [5.74, 6) is 0.0780. The third kappa shape index (κ3) is 3.05. The third-order valence-corrected chi connectivity index (χ3v) is 5.34. The first-order valence-corrected chi connectivity index (χ1v) is 8.53. The van der Waals surface area contributed by atoms with Crippen LogP contribution < -0.4 is 11.5 Å². The van der Waals surface area contributed by atoms with Crippen LogP contribution in [-0.2, 0) is 11.3 Å². The van der Waals surface area contributed by atoms with E-state index >= 15 is 0 Å². The molecule has 1 saturated heterocycles. The van der Waals surface area contributed by atoms with Crippen molar-refractivity contribution in [2.45, 2.75) is 31.0 Å². The molecule has 1 fully saturated rings. The van der Waals surface area contributed by atoms with Gasteiger partial charge in [-0.1, -0.05) is 24.3 Å². The molecule has 1 aromatic heterocycles. The largest absolute Gasteiger partial charge is 0.322 e. The van der Waals surface area contributed by atoms with Crippen LogP contribution in [0.3, 0.4) is 0 Å². The van der Waals surface area contributed by atoms with Gasteiger partial charge in [-0.2, -0.15) is 0 Å². The fourth-order valence-corrected chi connectivity index (χ4v) is 3.80. The first kappa shape index (κ1) is 15.6. The number of aromatic nitrogens is 1. The van der Waals surface area contributed by atoms with Gasteiger partial charge in [-0.25, -0.2) is 4.98 Å². The first-order chi connectivity index (χ1) is 10.6. The molecule has 5 nitrogen and oxygen atoms in total. The molecule has 1 aromatic rings. The smallest absolute Gasteiger partial charge is 0.161 e. The van der Waals surface area contributed by atoms with E-state index in [1.54, 1.807) is 23.5 Å². The fourth-order valence-electron chi connectivity index (χ4n) is 3.14. The highest BCUT2D eigenvalue weighted by atomic mass is 32.1. The summed E-state index contributed by atoms with van der Waals surface area (Å²) >= 11 is 1.67. The summed E-state index contributed by atoms with van der Waals surface area (Å²) < 4.78 is 0. The molecular formula is C16H22N4OS. The zero-order chi connectivity index (χ0) is 15.6. The van der Waals surface area contributed by atoms with E-state index < -0.39 is 11.6 Å². The summed E-state index contributed by atoms with van der Waals surface area (Å²) in [7, 11) is 0. The molecule has 22 heavy (non-hydrogen) atoms. The van der Waals surface area contributed by atoms with Gasteiger partial charge >= 0.3 is 0 Å². The molecular weight excluding hydrogens is 296 g/mol. The van der Waals surface area contributed by atoms with E-state index in [0.29, 0.717) is 0 Å². The summed E-state index contributed by atoms with van der Waals surface area (Å²) in [4.78, 5) is 19.5. The maximum absolute atomic E-state index is 12.8. The molecule has 2 aliphatic rings. The van der Waals surface area contributed by atoms with Gasteiger partial charge in [0.1, 0.15) is 10.5 Å². The molecule has 0 spiro atoms. The topological polar surface area (TPSA) is 85.2 Å². The first-order valence-electron chi connectivity index (χ1n) is 7.65. The Morgan fingerprint density at radius 3 is 2.82 bits per heavy atom. The Labute approximate surface area is 134 Å². The number of ketones is 1. The highest BCUT2D eigenvalue weighted by Gasteiger charge is 2.42. The number of hydrogen-bond acceptors (Lipinski definition) is 6. The van der Waals surface area contributed by atoms with E-state index in [-0.39, 0.29) is 11.7 Å². The maximum Gasteiger partial charge on any atom is 0.161 e. The van der Waals surface area contributed by atoms with E-state index in [1.165, 1.54) is 0 Å². The molecule has 1 aliphatic heterocycles. The minimum atomic E-state index is -1.04. The van der Waals surface area contributed by atoms with Crippen LogP contribution in [-0.4, -0.2) is 40.3 Å². The average molecular weight is 318 g/mol. The number of allylic oxidation sites excluding steroid dienone is 2. The number of nitrogens with two attached hydrogens (primary N) is 2. The van der Waals surface area contributed by atoms with E-state index in [9.17, 15) is 4.79 Å². The molecule has 0 saturated carbocycles. The Morgan fingerprint density at radius 1 is 1.41 bits per heavy atom. The zero-order valence-corrected chi connectivity index (χ0v) is 13.3. The van der Waals surface area contributed by atoms with Crippen LogP contribution in [0.4, 0.5) is 0 Å². The van der Waals surface area contributed by atoms with Crippen molar-refractivity contribution in [2.24, 2.45) is 17.4 Å². The molecule has 2 heterocycles. The van der Waals surface area contributed by atoms with E-state index in [2.05, 4.69) is 9.88 Å². The van der Waals surface area contributed by atoms with Crippen LogP contribution in [0.5, 0.6) is 0 Å². The molecule has 6 heteroatoms. The predicted octanol–water partition coefficient (Wildman–Crippen LogP) is 1.07. The number of carbonyl (C=O) groups excluding carboxylic acids is 1. The van der Waals surface area contributed by atoms with Gasteiger partial charge in [0.25, 0.3) is 0 Å². The lowest BCUT2D eigenvalue weighted by Gasteiger charge is -2.37. The second kappa shape index (κ2) is 6.42. The monoisotopic (exact) mass is 318 g/mol. The van der Waals surface area contributed by atoms with Gasteiger partial charge in [0.15, 0.2) is 5.78 Å². The molecule has 4 N–H and O–H groups in total. The van der Waals surface area contributed by atoms with Crippen molar-refractivity contribution in [3.63, 3.8) is 0 Å². The Morgan fingerprint density at radius 2 is 2.18 bits per heavy atom. The molecule has 0 bridgehead atoms. The van der Waals surface area contributed by atoms with Gasteiger partial charge in [-0.15, -0.1) is 11.3 Å². The van der Waals surface area contributed by atoms with Gasteiger partial charge in [0.05, 0.1) is 12.6 Å². The second-order valence-electron chi connectivity index (χ2n) is 6.04. The van der Waals surface area contributed by atoms with Crippen molar-refractivity contribution in [2.75, 3.05) is 13.1 Å². The van der Waals surface area contributed by atoms with E-state index in [4.69, 9.17) is 11.5 Å². The Balaban J connectivity index is 1.58. The molecule has 3 rings (SSSR count). The summed E-state index contributed by atoms with van der Waals surface area (Å²) in [5.41, 5.74) is 11.3. The summed E-state index contributed by atoms with van der Waals surface area (Å²) in [5, 5.41) is 3.12. The van der Waals surface area contributed by atoms with E-state index in [0.717, 1.165) is 37.5 Å². The zero-order valence-electron chi connectivity index (χ0n) is 12.5. The van der Waals surface area contributed by atoms with Gasteiger partial charge in [-0.05, 0) is 25.9 Å². The van der Waals surface area contributed by atoms with Crippen molar-refractivity contribution in [3.05, 3.63) is 40.9 Å². The summed E-state index contributed by atoms with van der Waals surface area (Å²) in [6.07, 6.45) is 10.7. The number of piperidine rings is 1. The van der Waals surface area contributed by atoms with Gasteiger partial charge in [-0.3, -0.25) is 9.69 Å². The lowest BCUT2D eigenvalue weighted by Crippen LogP contribution is -2.61. The van der Waals surface area contributed by atoms with Crippen molar-refractivity contribution >= 4 is 17.1 Å². The Bertz CT molecular complexity index is 575. The molecule has 0 amide bonds. The number of hydrogen-bond donors (Lipinski definition) is 2. The average Bonchev–Trinajstić information content (AvgIpc) is 3.03. The normalized spacial score (nSPS) is 29.8. The van der Waals surface area contributed by atoms with Crippen molar-refractivity contribution in [3.8, 4) is 0 Å². The maximum atomic E-state index is 12.8. The van der Waals surface area contributed by atoms with Crippen LogP contribution >= 0.6 is 11.3 Å². The summed E-state index contributed by atoms with van der Waals surface area (Å²) in [6.45, 7) is 2.68. The number of thiazole rings is 1. The van der Waals surface area contributed by atoms with Gasteiger partial charge < -0.3 is 11.5 Å². The number of rotatable bonds is 4. The molecule has 2 atom stereocenters. The number of carbonyl (C=O) groups is 1. The third-order valence-electron chi connectivity index (χ3n) is 4.58. The number of nitrogens with zero attached hydrogens (tertiary/aromatic N) is 2. The quantitative estimate of drug-likeness (QED) is 0.867. The minimum absolute atomic E-state index is 0.000236. The molecule has 1 aliphatic carbocycles. The lowest BCUT2D eigenvalue weighted by atomic mass is 9.76. The van der Waals surface area contributed by atoms with E-state index in [1.807, 2.05) is 23.7 Å². The predicted molar refractivity (Wildman–Crippen MR) is 88.3 cm³/mol. The Kier molecular flexibility index (Phi) is 4.54. The van der Waals surface area contributed by atoms with Crippen LogP contribution in [0.1, 0.15) is 17.8 Å². The molecule has 2 unspecified atom stereocenters. The number of likely N-dealkylation sites (tertiary alicyclic amines) is 1. The molecule has 118 valence electrons. The second-order valence-corrected chi connectivity index (χ2v) is 7.02. The highest BCUT2D eigenvalue weighted by molar-refractivity contribution is 7.09. The minimum Gasteiger partial charge on any atom is -0.322 e. The summed E-state index contributed by atoms with van der Waals surface area (Å²) in [6, 6.07) is -0.432. The van der Waals surface area contributed by atoms with Gasteiger partial charge in [0.2, 0.25) is 0 Å². The standard InChI is InChI=1S/C16H22N4OS/c17-13-3-1-2-6-16(13,18)15(21)12-4-8-20(9-5-12)11-14-19-7-10-22-14/h1-3,6-7,10,12-13H,4-5,8-9,11,17-18H2. The fraction of sp³-hybridized carbons (Fsp3) is 0.500.